The number of hydrogen-bond acceptors (Lipinski definition) is 3. The van der Waals surface area contributed by atoms with Crippen LogP contribution in [-0.4, -0.2) is 36.8 Å². The fraction of sp³-hybridized carbons (Fsp3) is 1.00. The maximum Gasteiger partial charge on any atom is 0.391 e. The summed E-state index contributed by atoms with van der Waals surface area (Å²) in [6.45, 7) is 1.53. The van der Waals surface area contributed by atoms with Crippen LogP contribution >= 0.6 is 0 Å². The summed E-state index contributed by atoms with van der Waals surface area (Å²) in [5.74, 6) is -1.51. The molecule has 2 unspecified atom stereocenters. The van der Waals surface area contributed by atoms with Crippen molar-refractivity contribution >= 4 is 9.84 Å². The minimum Gasteiger partial charge on any atom is -0.390 e. The van der Waals surface area contributed by atoms with Gasteiger partial charge in [-0.2, -0.15) is 13.2 Å². The molecule has 0 saturated heterocycles. The van der Waals surface area contributed by atoms with Crippen molar-refractivity contribution in [3.05, 3.63) is 0 Å². The summed E-state index contributed by atoms with van der Waals surface area (Å²) in [6.07, 6.45) is -3.52. The lowest BCUT2D eigenvalue weighted by Crippen LogP contribution is -2.40. The highest BCUT2D eigenvalue weighted by Gasteiger charge is 2.46. The van der Waals surface area contributed by atoms with Gasteiger partial charge in [0.05, 0.1) is 17.3 Å². The fourth-order valence-electron chi connectivity index (χ4n) is 2.61. The van der Waals surface area contributed by atoms with Crippen molar-refractivity contribution in [1.29, 1.82) is 0 Å². The zero-order chi connectivity index (χ0) is 14.7. The first-order valence-corrected chi connectivity index (χ1v) is 8.40. The summed E-state index contributed by atoms with van der Waals surface area (Å²) in [7, 11) is -3.12. The van der Waals surface area contributed by atoms with E-state index in [1.165, 1.54) is 6.92 Å². The minimum absolute atomic E-state index is 0.0244. The van der Waals surface area contributed by atoms with Crippen LogP contribution < -0.4 is 0 Å². The molecule has 0 aromatic carbocycles. The molecule has 3 nitrogen and oxygen atoms in total. The average molecular weight is 302 g/mol. The Balaban J connectivity index is 2.52. The van der Waals surface area contributed by atoms with E-state index in [1.807, 2.05) is 0 Å². The molecule has 0 spiro atoms. The van der Waals surface area contributed by atoms with Crippen molar-refractivity contribution in [3.63, 3.8) is 0 Å². The lowest BCUT2D eigenvalue weighted by atomic mass is 9.75. The second-order valence-corrected chi connectivity index (χ2v) is 7.87. The van der Waals surface area contributed by atoms with Gasteiger partial charge in [-0.3, -0.25) is 0 Å². The molecule has 0 heterocycles. The molecule has 1 fully saturated rings. The molecule has 114 valence electrons. The SMILES string of the molecule is CCS(=O)(=O)CCCC1(O)CCCC(C(F)(F)F)C1. The van der Waals surface area contributed by atoms with E-state index in [9.17, 15) is 26.7 Å². The molecule has 1 aliphatic carbocycles. The molecule has 1 aliphatic rings. The first kappa shape index (κ1) is 16.8. The van der Waals surface area contributed by atoms with Crippen LogP contribution in [-0.2, 0) is 9.84 Å². The van der Waals surface area contributed by atoms with Crippen molar-refractivity contribution in [2.45, 2.75) is 57.2 Å². The van der Waals surface area contributed by atoms with E-state index in [4.69, 9.17) is 0 Å². The van der Waals surface area contributed by atoms with E-state index < -0.39 is 27.5 Å². The predicted molar refractivity (Wildman–Crippen MR) is 66.5 cm³/mol. The summed E-state index contributed by atoms with van der Waals surface area (Å²) in [5, 5.41) is 10.2. The van der Waals surface area contributed by atoms with Crippen LogP contribution in [0.5, 0.6) is 0 Å². The van der Waals surface area contributed by atoms with E-state index in [2.05, 4.69) is 0 Å². The van der Waals surface area contributed by atoms with Gasteiger partial charge in [-0.25, -0.2) is 8.42 Å². The van der Waals surface area contributed by atoms with Crippen LogP contribution in [0.1, 0.15) is 45.4 Å². The lowest BCUT2D eigenvalue weighted by Gasteiger charge is -2.37. The molecule has 1 saturated carbocycles. The highest BCUT2D eigenvalue weighted by Crippen LogP contribution is 2.43. The smallest absolute Gasteiger partial charge is 0.390 e. The largest absolute Gasteiger partial charge is 0.391 e. The van der Waals surface area contributed by atoms with Gasteiger partial charge in [0.15, 0.2) is 0 Å². The number of sulfone groups is 1. The lowest BCUT2D eigenvalue weighted by molar-refractivity contribution is -0.201. The maximum absolute atomic E-state index is 12.6. The molecule has 19 heavy (non-hydrogen) atoms. The second-order valence-electron chi connectivity index (χ2n) is 5.40. The highest BCUT2D eigenvalue weighted by atomic mass is 32.2. The van der Waals surface area contributed by atoms with Gasteiger partial charge < -0.3 is 5.11 Å². The normalized spacial score (nSPS) is 29.4. The summed E-state index contributed by atoms with van der Waals surface area (Å²) >= 11 is 0. The van der Waals surface area contributed by atoms with Gasteiger partial charge in [0.1, 0.15) is 9.84 Å². The molecule has 1 rings (SSSR count). The van der Waals surface area contributed by atoms with E-state index >= 15 is 0 Å². The van der Waals surface area contributed by atoms with Crippen molar-refractivity contribution in [2.24, 2.45) is 5.92 Å². The van der Waals surface area contributed by atoms with E-state index in [0.717, 1.165) is 0 Å². The number of alkyl halides is 3. The predicted octanol–water partition coefficient (Wildman–Crippen LogP) is 2.68. The van der Waals surface area contributed by atoms with Gasteiger partial charge in [-0.05, 0) is 38.5 Å². The molecule has 0 aliphatic heterocycles. The van der Waals surface area contributed by atoms with Gasteiger partial charge in [0, 0.05) is 5.75 Å². The molecule has 0 amide bonds. The van der Waals surface area contributed by atoms with Crippen molar-refractivity contribution in [2.75, 3.05) is 11.5 Å². The van der Waals surface area contributed by atoms with Crippen LogP contribution in [0.4, 0.5) is 13.2 Å². The van der Waals surface area contributed by atoms with Crippen molar-refractivity contribution in [1.82, 2.24) is 0 Å². The Bertz CT molecular complexity index is 392. The third-order valence-corrected chi connectivity index (χ3v) is 5.61. The van der Waals surface area contributed by atoms with E-state index in [-0.39, 0.29) is 37.2 Å². The van der Waals surface area contributed by atoms with Crippen LogP contribution in [0.3, 0.4) is 0 Å². The highest BCUT2D eigenvalue weighted by molar-refractivity contribution is 7.91. The average Bonchev–Trinajstić information content (AvgIpc) is 2.27. The quantitative estimate of drug-likeness (QED) is 0.849. The second kappa shape index (κ2) is 5.99. The molecular formula is C12H21F3O3S. The molecule has 0 bridgehead atoms. The summed E-state index contributed by atoms with van der Waals surface area (Å²) in [6, 6.07) is 0. The van der Waals surface area contributed by atoms with E-state index in [0.29, 0.717) is 12.8 Å². The molecule has 1 N–H and O–H groups in total. The van der Waals surface area contributed by atoms with Crippen LogP contribution in [0.2, 0.25) is 0 Å². The van der Waals surface area contributed by atoms with Gasteiger partial charge in [0.25, 0.3) is 0 Å². The van der Waals surface area contributed by atoms with Gasteiger partial charge in [0.2, 0.25) is 0 Å². The standard InChI is InChI=1S/C12H21F3O3S/c1-2-19(17,18)8-4-7-11(16)6-3-5-10(9-11)12(13,14)15/h10,16H,2-9H2,1H3. The molecule has 0 radical (unpaired) electrons. The molecular weight excluding hydrogens is 281 g/mol. The first-order chi connectivity index (χ1) is 8.58. The number of hydrogen-bond donors (Lipinski definition) is 1. The summed E-state index contributed by atoms with van der Waals surface area (Å²) in [5.41, 5.74) is -1.36. The summed E-state index contributed by atoms with van der Waals surface area (Å²) in [4.78, 5) is 0. The maximum atomic E-state index is 12.6. The van der Waals surface area contributed by atoms with Crippen molar-refractivity contribution in [3.8, 4) is 0 Å². The van der Waals surface area contributed by atoms with Gasteiger partial charge in [-0.15, -0.1) is 0 Å². The third-order valence-electron chi connectivity index (χ3n) is 3.82. The number of aliphatic hydroxyl groups is 1. The van der Waals surface area contributed by atoms with Crippen molar-refractivity contribution < 1.29 is 26.7 Å². The Hall–Kier alpha value is -0.300. The monoisotopic (exact) mass is 302 g/mol. The van der Waals surface area contributed by atoms with Gasteiger partial charge in [-0.1, -0.05) is 6.92 Å². The zero-order valence-electron chi connectivity index (χ0n) is 11.0. The Morgan fingerprint density at radius 2 is 2.00 bits per heavy atom. The van der Waals surface area contributed by atoms with Crippen LogP contribution in [0, 0.1) is 5.92 Å². The van der Waals surface area contributed by atoms with Gasteiger partial charge >= 0.3 is 6.18 Å². The molecule has 2 atom stereocenters. The fourth-order valence-corrected chi connectivity index (χ4v) is 3.49. The first-order valence-electron chi connectivity index (χ1n) is 6.57. The summed E-state index contributed by atoms with van der Waals surface area (Å²) < 4.78 is 60.5. The third kappa shape index (κ3) is 5.30. The zero-order valence-corrected chi connectivity index (χ0v) is 11.9. The topological polar surface area (TPSA) is 54.4 Å². The van der Waals surface area contributed by atoms with Crippen LogP contribution in [0.15, 0.2) is 0 Å². The minimum atomic E-state index is -4.27. The molecule has 0 aromatic rings. The van der Waals surface area contributed by atoms with E-state index in [1.54, 1.807) is 0 Å². The molecule has 7 heteroatoms. The Morgan fingerprint density at radius 3 is 2.53 bits per heavy atom. The Labute approximate surface area is 112 Å². The number of rotatable bonds is 5. The molecule has 0 aromatic heterocycles. The Morgan fingerprint density at radius 1 is 1.37 bits per heavy atom. The Kier molecular flexibility index (Phi) is 5.28. The van der Waals surface area contributed by atoms with Crippen LogP contribution in [0.25, 0.3) is 0 Å². The number of halogens is 3.